The molecule has 0 aliphatic rings. The number of aryl methyl sites for hydroxylation is 2. The summed E-state index contributed by atoms with van der Waals surface area (Å²) in [6.45, 7) is 0. The van der Waals surface area contributed by atoms with E-state index in [4.69, 9.17) is 4.74 Å². The fraction of sp³-hybridized carbons (Fsp3) is 0.333. The first-order valence-corrected chi connectivity index (χ1v) is 6.29. The lowest BCUT2D eigenvalue weighted by molar-refractivity contribution is -0.118. The van der Waals surface area contributed by atoms with Crippen molar-refractivity contribution in [3.05, 3.63) is 47.8 Å². The van der Waals surface area contributed by atoms with Gasteiger partial charge in [-0.25, -0.2) is 0 Å². The summed E-state index contributed by atoms with van der Waals surface area (Å²) in [5.74, 6) is 1.02. The maximum Gasteiger partial charge on any atom is 0.137 e. The summed E-state index contributed by atoms with van der Waals surface area (Å²) >= 11 is 0. The monoisotopic (exact) mass is 258 g/mol. The molecule has 0 saturated carbocycles. The number of aromatic nitrogens is 2. The molecule has 4 nitrogen and oxygen atoms in total. The van der Waals surface area contributed by atoms with E-state index in [0.717, 1.165) is 23.3 Å². The van der Waals surface area contributed by atoms with Crippen LogP contribution in [0.15, 0.2) is 36.7 Å². The van der Waals surface area contributed by atoms with Gasteiger partial charge in [-0.2, -0.15) is 5.10 Å². The molecule has 2 rings (SSSR count). The van der Waals surface area contributed by atoms with E-state index in [9.17, 15) is 4.79 Å². The number of carbonyl (C=O) groups is 1. The molecule has 0 saturated heterocycles. The summed E-state index contributed by atoms with van der Waals surface area (Å²) in [7, 11) is 3.50. The molecule has 0 aliphatic heterocycles. The van der Waals surface area contributed by atoms with Crippen LogP contribution in [-0.2, 0) is 24.7 Å². The maximum absolute atomic E-state index is 11.9. The van der Waals surface area contributed by atoms with Crippen molar-refractivity contribution in [3.8, 4) is 5.75 Å². The van der Waals surface area contributed by atoms with Gasteiger partial charge in [-0.3, -0.25) is 9.48 Å². The minimum atomic E-state index is 0.233. The first kappa shape index (κ1) is 13.3. The van der Waals surface area contributed by atoms with Gasteiger partial charge in [0.2, 0.25) is 0 Å². The molecule has 0 radical (unpaired) electrons. The van der Waals surface area contributed by atoms with Gasteiger partial charge in [0.05, 0.1) is 13.3 Å². The predicted octanol–water partition coefficient (Wildman–Crippen LogP) is 2.17. The topological polar surface area (TPSA) is 44.1 Å². The number of nitrogens with zero attached hydrogens (tertiary/aromatic N) is 2. The number of rotatable bonds is 6. The number of methoxy groups -OCH3 is 1. The van der Waals surface area contributed by atoms with Gasteiger partial charge in [0.15, 0.2) is 0 Å². The summed E-state index contributed by atoms with van der Waals surface area (Å²) in [5.41, 5.74) is 2.09. The average molecular weight is 258 g/mol. The van der Waals surface area contributed by atoms with Crippen LogP contribution in [0.2, 0.25) is 0 Å². The van der Waals surface area contributed by atoms with E-state index >= 15 is 0 Å². The van der Waals surface area contributed by atoms with Gasteiger partial charge < -0.3 is 4.74 Å². The first-order chi connectivity index (χ1) is 9.17. The van der Waals surface area contributed by atoms with Crippen molar-refractivity contribution >= 4 is 5.78 Å². The molecular formula is C15H18N2O2. The van der Waals surface area contributed by atoms with E-state index in [2.05, 4.69) is 5.10 Å². The summed E-state index contributed by atoms with van der Waals surface area (Å²) in [6.07, 6.45) is 5.49. The second kappa shape index (κ2) is 6.18. The van der Waals surface area contributed by atoms with Gasteiger partial charge in [0, 0.05) is 26.1 Å². The van der Waals surface area contributed by atoms with E-state index in [1.807, 2.05) is 37.5 Å². The van der Waals surface area contributed by atoms with Crippen LogP contribution in [0, 0.1) is 0 Å². The van der Waals surface area contributed by atoms with Crippen molar-refractivity contribution in [2.45, 2.75) is 19.3 Å². The Morgan fingerprint density at radius 3 is 2.89 bits per heavy atom. The molecular weight excluding hydrogens is 240 g/mol. The van der Waals surface area contributed by atoms with Crippen LogP contribution in [0.3, 0.4) is 0 Å². The summed E-state index contributed by atoms with van der Waals surface area (Å²) in [6, 6.07) is 7.64. The van der Waals surface area contributed by atoms with Crippen LogP contribution in [0.25, 0.3) is 0 Å². The Morgan fingerprint density at radius 1 is 1.37 bits per heavy atom. The van der Waals surface area contributed by atoms with Crippen LogP contribution < -0.4 is 4.74 Å². The Labute approximate surface area is 113 Å². The molecule has 2 aromatic rings. The average Bonchev–Trinajstić information content (AvgIpc) is 2.82. The van der Waals surface area contributed by atoms with Crippen molar-refractivity contribution in [3.63, 3.8) is 0 Å². The predicted molar refractivity (Wildman–Crippen MR) is 73.2 cm³/mol. The highest BCUT2D eigenvalue weighted by atomic mass is 16.5. The second-order valence-corrected chi connectivity index (χ2v) is 4.59. The fourth-order valence-electron chi connectivity index (χ4n) is 1.98. The zero-order chi connectivity index (χ0) is 13.7. The van der Waals surface area contributed by atoms with Gasteiger partial charge in [-0.05, 0) is 29.7 Å². The molecule has 19 heavy (non-hydrogen) atoms. The zero-order valence-electron chi connectivity index (χ0n) is 11.3. The largest absolute Gasteiger partial charge is 0.497 e. The molecule has 1 heterocycles. The lowest BCUT2D eigenvalue weighted by Crippen LogP contribution is -2.04. The lowest BCUT2D eigenvalue weighted by atomic mass is 10.0. The van der Waals surface area contributed by atoms with E-state index in [0.29, 0.717) is 12.8 Å². The summed E-state index contributed by atoms with van der Waals surface area (Å²) in [4.78, 5) is 11.9. The fourth-order valence-corrected chi connectivity index (χ4v) is 1.98. The Bertz CT molecular complexity index is 561. The molecule has 0 atom stereocenters. The molecule has 0 unspecified atom stereocenters. The third-order valence-corrected chi connectivity index (χ3v) is 2.99. The smallest absolute Gasteiger partial charge is 0.137 e. The molecule has 0 spiro atoms. The summed E-state index contributed by atoms with van der Waals surface area (Å²) in [5, 5.41) is 4.09. The van der Waals surface area contributed by atoms with E-state index in [1.165, 1.54) is 0 Å². The molecule has 0 bridgehead atoms. The van der Waals surface area contributed by atoms with Gasteiger partial charge in [0.1, 0.15) is 11.5 Å². The van der Waals surface area contributed by atoms with Crippen LogP contribution >= 0.6 is 0 Å². The van der Waals surface area contributed by atoms with E-state index in [1.54, 1.807) is 18.0 Å². The molecule has 4 heteroatoms. The third kappa shape index (κ3) is 3.95. The third-order valence-electron chi connectivity index (χ3n) is 2.99. The molecule has 0 fully saturated rings. The number of ether oxygens (including phenoxy) is 1. The first-order valence-electron chi connectivity index (χ1n) is 6.29. The Hall–Kier alpha value is -2.10. The normalized spacial score (nSPS) is 10.4. The highest BCUT2D eigenvalue weighted by molar-refractivity contribution is 5.81. The minimum Gasteiger partial charge on any atom is -0.497 e. The second-order valence-electron chi connectivity index (χ2n) is 4.59. The van der Waals surface area contributed by atoms with E-state index < -0.39 is 0 Å². The molecule has 100 valence electrons. The van der Waals surface area contributed by atoms with Gasteiger partial charge >= 0.3 is 0 Å². The van der Waals surface area contributed by atoms with Gasteiger partial charge in [0.25, 0.3) is 0 Å². The lowest BCUT2D eigenvalue weighted by Gasteiger charge is -2.03. The number of carbonyl (C=O) groups excluding carboxylic acids is 1. The SMILES string of the molecule is COc1cccc(CC(=O)CCc2cnn(C)c2)c1. The van der Waals surface area contributed by atoms with Crippen molar-refractivity contribution in [1.82, 2.24) is 9.78 Å². The van der Waals surface area contributed by atoms with Crippen molar-refractivity contribution in [2.75, 3.05) is 7.11 Å². The standard InChI is InChI=1S/C15H18N2O2/c1-17-11-13(10-16-17)6-7-14(18)8-12-4-3-5-15(9-12)19-2/h3-5,9-11H,6-8H2,1-2H3. The van der Waals surface area contributed by atoms with Crippen molar-refractivity contribution < 1.29 is 9.53 Å². The maximum atomic E-state index is 11.9. The molecule has 0 aliphatic carbocycles. The van der Waals surface area contributed by atoms with Crippen molar-refractivity contribution in [1.29, 1.82) is 0 Å². The molecule has 0 amide bonds. The number of benzene rings is 1. The highest BCUT2D eigenvalue weighted by Crippen LogP contribution is 2.14. The zero-order valence-corrected chi connectivity index (χ0v) is 11.3. The number of hydrogen-bond acceptors (Lipinski definition) is 3. The van der Waals surface area contributed by atoms with Crippen molar-refractivity contribution in [2.24, 2.45) is 7.05 Å². The number of Topliss-reactive ketones (excluding diaryl/α,β-unsaturated/α-hetero) is 1. The van der Waals surface area contributed by atoms with Crippen LogP contribution in [-0.4, -0.2) is 22.7 Å². The Kier molecular flexibility index (Phi) is 4.34. The minimum absolute atomic E-state index is 0.233. The van der Waals surface area contributed by atoms with Gasteiger partial charge in [-0.1, -0.05) is 12.1 Å². The Balaban J connectivity index is 1.86. The van der Waals surface area contributed by atoms with Crippen LogP contribution in [0.4, 0.5) is 0 Å². The molecule has 0 N–H and O–H groups in total. The van der Waals surface area contributed by atoms with Gasteiger partial charge in [-0.15, -0.1) is 0 Å². The van der Waals surface area contributed by atoms with Crippen LogP contribution in [0.1, 0.15) is 17.5 Å². The molecule has 1 aromatic heterocycles. The number of ketones is 1. The highest BCUT2D eigenvalue weighted by Gasteiger charge is 2.06. The number of hydrogen-bond donors (Lipinski definition) is 0. The quantitative estimate of drug-likeness (QED) is 0.797. The van der Waals surface area contributed by atoms with E-state index in [-0.39, 0.29) is 5.78 Å². The molecule has 1 aromatic carbocycles. The summed E-state index contributed by atoms with van der Waals surface area (Å²) < 4.78 is 6.90. The Morgan fingerprint density at radius 2 is 2.21 bits per heavy atom. The van der Waals surface area contributed by atoms with Crippen LogP contribution in [0.5, 0.6) is 5.75 Å².